The Kier molecular flexibility index (Phi) is 7.18. The maximum atomic E-state index is 12.7. The Morgan fingerprint density at radius 1 is 0.871 bits per heavy atom. The number of hydrogen-bond acceptors (Lipinski definition) is 5. The number of nitrogens with one attached hydrogen (secondary N) is 2. The van der Waals surface area contributed by atoms with E-state index in [1.54, 1.807) is 48.5 Å². The number of nitrogens with zero attached hydrogens (tertiary/aromatic N) is 1. The second kappa shape index (κ2) is 10.2. The summed E-state index contributed by atoms with van der Waals surface area (Å²) >= 11 is 5.99. The number of benzene rings is 3. The quantitative estimate of drug-likeness (QED) is 0.310. The van der Waals surface area contributed by atoms with E-state index < -0.39 is 10.8 Å². The molecule has 0 saturated carbocycles. The predicted molar refractivity (Wildman–Crippen MR) is 116 cm³/mol. The third-order valence-electron chi connectivity index (χ3n) is 4.20. The number of non-ortho nitro benzene ring substituents is 1. The average molecular weight is 440 g/mol. The van der Waals surface area contributed by atoms with E-state index in [0.717, 1.165) is 6.07 Å². The van der Waals surface area contributed by atoms with Crippen molar-refractivity contribution >= 4 is 29.1 Å². The van der Waals surface area contributed by atoms with Crippen molar-refractivity contribution in [3.63, 3.8) is 0 Å². The molecule has 9 heteroatoms. The minimum atomic E-state index is -0.590. The van der Waals surface area contributed by atoms with Crippen LogP contribution in [-0.2, 0) is 0 Å². The topological polar surface area (TPSA) is 111 Å². The van der Waals surface area contributed by atoms with E-state index in [2.05, 4.69) is 10.6 Å². The number of ether oxygens (including phenoxy) is 1. The highest BCUT2D eigenvalue weighted by Gasteiger charge is 2.18. The third kappa shape index (κ3) is 5.80. The largest absolute Gasteiger partial charge is 0.457 e. The number of amides is 2. The van der Waals surface area contributed by atoms with Gasteiger partial charge in [0.05, 0.1) is 21.1 Å². The van der Waals surface area contributed by atoms with Crippen LogP contribution in [-0.4, -0.2) is 29.8 Å². The molecule has 3 aromatic carbocycles. The molecular weight excluding hydrogens is 422 g/mol. The fourth-order valence-corrected chi connectivity index (χ4v) is 2.92. The molecule has 8 nitrogen and oxygen atoms in total. The second-order valence-corrected chi connectivity index (χ2v) is 6.75. The standard InChI is InChI=1S/C22H18ClN3O5/c23-19-9-5-4-8-17(19)21(27)24-12-13-25-22(28)18-14-15(26(29)30)10-11-20(18)31-16-6-2-1-3-7-16/h1-11,14H,12-13H2,(H,24,27)(H,25,28). The lowest BCUT2D eigenvalue weighted by atomic mass is 10.1. The van der Waals surface area contributed by atoms with Crippen molar-refractivity contribution in [3.05, 3.63) is 99.1 Å². The molecule has 0 bridgehead atoms. The number of carbonyl (C=O) groups excluding carboxylic acids is 2. The van der Waals surface area contributed by atoms with E-state index in [9.17, 15) is 19.7 Å². The molecular formula is C22H18ClN3O5. The Hall–Kier alpha value is -3.91. The van der Waals surface area contributed by atoms with Gasteiger partial charge in [-0.05, 0) is 30.3 Å². The van der Waals surface area contributed by atoms with Crippen molar-refractivity contribution in [3.8, 4) is 11.5 Å². The van der Waals surface area contributed by atoms with Gasteiger partial charge in [0, 0.05) is 25.2 Å². The minimum Gasteiger partial charge on any atom is -0.457 e. The molecule has 0 aliphatic heterocycles. The summed E-state index contributed by atoms with van der Waals surface area (Å²) in [5.41, 5.74) is 0.0980. The molecule has 0 saturated heterocycles. The zero-order valence-electron chi connectivity index (χ0n) is 16.2. The Balaban J connectivity index is 1.65. The second-order valence-electron chi connectivity index (χ2n) is 6.34. The summed E-state index contributed by atoms with van der Waals surface area (Å²) < 4.78 is 5.71. The van der Waals surface area contributed by atoms with Crippen LogP contribution >= 0.6 is 11.6 Å². The van der Waals surface area contributed by atoms with Crippen LogP contribution in [0.15, 0.2) is 72.8 Å². The number of halogens is 1. The van der Waals surface area contributed by atoms with Gasteiger partial charge in [0.25, 0.3) is 17.5 Å². The Morgan fingerprint density at radius 2 is 1.48 bits per heavy atom. The number of carbonyl (C=O) groups is 2. The number of para-hydroxylation sites is 1. The van der Waals surface area contributed by atoms with Gasteiger partial charge in [-0.15, -0.1) is 0 Å². The molecule has 0 fully saturated rings. The highest BCUT2D eigenvalue weighted by Crippen LogP contribution is 2.28. The van der Waals surface area contributed by atoms with E-state index in [0.29, 0.717) is 16.3 Å². The highest BCUT2D eigenvalue weighted by molar-refractivity contribution is 6.33. The van der Waals surface area contributed by atoms with Gasteiger partial charge < -0.3 is 15.4 Å². The van der Waals surface area contributed by atoms with E-state index in [4.69, 9.17) is 16.3 Å². The van der Waals surface area contributed by atoms with Crippen molar-refractivity contribution in [1.29, 1.82) is 0 Å². The van der Waals surface area contributed by atoms with Gasteiger partial charge in [0.15, 0.2) is 0 Å². The monoisotopic (exact) mass is 439 g/mol. The molecule has 0 heterocycles. The molecule has 0 aliphatic carbocycles. The number of hydrogen-bond donors (Lipinski definition) is 2. The molecule has 2 amide bonds. The van der Waals surface area contributed by atoms with Crippen molar-refractivity contribution in [2.45, 2.75) is 0 Å². The first-order valence-corrected chi connectivity index (χ1v) is 9.66. The molecule has 0 aliphatic rings. The summed E-state index contributed by atoms with van der Waals surface area (Å²) in [5, 5.41) is 16.7. The lowest BCUT2D eigenvalue weighted by Crippen LogP contribution is -2.34. The Bertz CT molecular complexity index is 1110. The SMILES string of the molecule is O=C(NCCNC(=O)c1cc([N+](=O)[O-])ccc1Oc1ccccc1)c1ccccc1Cl. The first-order chi connectivity index (χ1) is 15.0. The van der Waals surface area contributed by atoms with Gasteiger partial charge in [0.2, 0.25) is 0 Å². The summed E-state index contributed by atoms with van der Waals surface area (Å²) in [6.45, 7) is 0.238. The third-order valence-corrected chi connectivity index (χ3v) is 4.53. The van der Waals surface area contributed by atoms with E-state index >= 15 is 0 Å². The summed E-state index contributed by atoms with van der Waals surface area (Å²) in [7, 11) is 0. The van der Waals surface area contributed by atoms with Gasteiger partial charge in [-0.1, -0.05) is 41.9 Å². The van der Waals surface area contributed by atoms with Crippen LogP contribution in [0.25, 0.3) is 0 Å². The number of nitro groups is 1. The smallest absolute Gasteiger partial charge is 0.270 e. The molecule has 3 rings (SSSR count). The van der Waals surface area contributed by atoms with Crippen LogP contribution in [0.1, 0.15) is 20.7 Å². The molecule has 3 aromatic rings. The molecule has 0 aromatic heterocycles. The summed E-state index contributed by atoms with van der Waals surface area (Å²) in [6, 6.07) is 19.1. The zero-order chi connectivity index (χ0) is 22.2. The zero-order valence-corrected chi connectivity index (χ0v) is 17.0. The van der Waals surface area contributed by atoms with E-state index in [-0.39, 0.29) is 36.0 Å². The average Bonchev–Trinajstić information content (AvgIpc) is 2.77. The summed E-state index contributed by atoms with van der Waals surface area (Å²) in [5.74, 6) is -0.281. The first kappa shape index (κ1) is 21.8. The normalized spacial score (nSPS) is 10.2. The van der Waals surface area contributed by atoms with Crippen LogP contribution < -0.4 is 15.4 Å². The highest BCUT2D eigenvalue weighted by atomic mass is 35.5. The summed E-state index contributed by atoms with van der Waals surface area (Å²) in [4.78, 5) is 35.3. The molecule has 0 atom stereocenters. The van der Waals surface area contributed by atoms with Gasteiger partial charge in [0.1, 0.15) is 11.5 Å². The lowest BCUT2D eigenvalue weighted by Gasteiger charge is -2.12. The lowest BCUT2D eigenvalue weighted by molar-refractivity contribution is -0.384. The van der Waals surface area contributed by atoms with Gasteiger partial charge in [-0.3, -0.25) is 19.7 Å². The van der Waals surface area contributed by atoms with Crippen LogP contribution in [0, 0.1) is 10.1 Å². The maximum Gasteiger partial charge on any atom is 0.270 e. The molecule has 0 unspecified atom stereocenters. The predicted octanol–water partition coefficient (Wildman–Crippen LogP) is 4.20. The van der Waals surface area contributed by atoms with E-state index in [1.807, 2.05) is 6.07 Å². The molecule has 2 N–H and O–H groups in total. The fourth-order valence-electron chi connectivity index (χ4n) is 2.70. The number of nitro benzene ring substituents is 1. The molecule has 0 radical (unpaired) electrons. The molecule has 31 heavy (non-hydrogen) atoms. The molecule has 0 spiro atoms. The van der Waals surface area contributed by atoms with Crippen molar-refractivity contribution in [2.24, 2.45) is 0 Å². The van der Waals surface area contributed by atoms with E-state index in [1.165, 1.54) is 12.1 Å². The van der Waals surface area contributed by atoms with Gasteiger partial charge in [-0.25, -0.2) is 0 Å². The van der Waals surface area contributed by atoms with Crippen molar-refractivity contribution in [2.75, 3.05) is 13.1 Å². The Labute approximate surface area is 182 Å². The number of rotatable bonds is 8. The van der Waals surface area contributed by atoms with Crippen LogP contribution in [0.2, 0.25) is 5.02 Å². The first-order valence-electron chi connectivity index (χ1n) is 9.28. The molecule has 158 valence electrons. The van der Waals surface area contributed by atoms with Crippen LogP contribution in [0.3, 0.4) is 0 Å². The van der Waals surface area contributed by atoms with Crippen LogP contribution in [0.5, 0.6) is 11.5 Å². The van der Waals surface area contributed by atoms with Gasteiger partial charge in [-0.2, -0.15) is 0 Å². The fraction of sp³-hybridized carbons (Fsp3) is 0.0909. The van der Waals surface area contributed by atoms with Gasteiger partial charge >= 0.3 is 0 Å². The minimum absolute atomic E-state index is 0.00971. The summed E-state index contributed by atoms with van der Waals surface area (Å²) in [6.07, 6.45) is 0. The maximum absolute atomic E-state index is 12.7. The van der Waals surface area contributed by atoms with Crippen LogP contribution in [0.4, 0.5) is 5.69 Å². The van der Waals surface area contributed by atoms with Crippen molar-refractivity contribution in [1.82, 2.24) is 10.6 Å². The van der Waals surface area contributed by atoms with Crippen molar-refractivity contribution < 1.29 is 19.2 Å². The Morgan fingerprint density at radius 3 is 2.13 bits per heavy atom.